The van der Waals surface area contributed by atoms with Crippen molar-refractivity contribution >= 4 is 27.6 Å². The SMILES string of the molecule is Cc1[nH]c2c(=O)oc3ccccc3c2c1[N+](=O)[O-]. The molecule has 0 saturated heterocycles. The number of benzene rings is 1. The van der Waals surface area contributed by atoms with Crippen LogP contribution in [0.1, 0.15) is 5.69 Å². The number of aromatic amines is 1. The van der Waals surface area contributed by atoms with Gasteiger partial charge in [0, 0.05) is 5.39 Å². The third-order valence-electron chi connectivity index (χ3n) is 2.90. The van der Waals surface area contributed by atoms with Crippen LogP contribution in [0.5, 0.6) is 0 Å². The molecule has 90 valence electrons. The van der Waals surface area contributed by atoms with E-state index in [2.05, 4.69) is 4.98 Å². The minimum Gasteiger partial charge on any atom is -0.421 e. The summed E-state index contributed by atoms with van der Waals surface area (Å²) in [5, 5.41) is 12.0. The molecule has 3 rings (SSSR count). The standard InChI is InChI=1S/C12H8N2O4/c1-6-11(14(16)17)9-7-4-2-3-5-8(7)18-12(15)10(9)13-6/h2-5,13H,1H3. The number of nitrogens with one attached hydrogen (secondary N) is 1. The van der Waals surface area contributed by atoms with Gasteiger partial charge in [-0.05, 0) is 13.0 Å². The van der Waals surface area contributed by atoms with E-state index < -0.39 is 10.5 Å². The first-order chi connectivity index (χ1) is 8.59. The molecule has 0 bridgehead atoms. The van der Waals surface area contributed by atoms with Crippen LogP contribution in [0.2, 0.25) is 0 Å². The van der Waals surface area contributed by atoms with Gasteiger partial charge in [0.2, 0.25) is 0 Å². The molecule has 18 heavy (non-hydrogen) atoms. The summed E-state index contributed by atoms with van der Waals surface area (Å²) in [6.07, 6.45) is 0. The van der Waals surface area contributed by atoms with Gasteiger partial charge in [-0.25, -0.2) is 4.79 Å². The fourth-order valence-electron chi connectivity index (χ4n) is 2.17. The summed E-state index contributed by atoms with van der Waals surface area (Å²) in [4.78, 5) is 25.1. The molecule has 1 aromatic carbocycles. The van der Waals surface area contributed by atoms with E-state index >= 15 is 0 Å². The molecule has 0 aliphatic rings. The summed E-state index contributed by atoms with van der Waals surface area (Å²) >= 11 is 0. The summed E-state index contributed by atoms with van der Waals surface area (Å²) in [6.45, 7) is 1.56. The first kappa shape index (κ1) is 10.5. The molecule has 1 N–H and O–H groups in total. The van der Waals surface area contributed by atoms with Crippen molar-refractivity contribution < 1.29 is 9.34 Å². The van der Waals surface area contributed by atoms with Gasteiger partial charge in [-0.3, -0.25) is 10.1 Å². The molecule has 3 aromatic rings. The van der Waals surface area contributed by atoms with E-state index in [-0.39, 0.29) is 11.2 Å². The van der Waals surface area contributed by atoms with Crippen LogP contribution in [0.15, 0.2) is 33.5 Å². The normalized spacial score (nSPS) is 11.2. The largest absolute Gasteiger partial charge is 0.421 e. The van der Waals surface area contributed by atoms with Gasteiger partial charge in [-0.2, -0.15) is 0 Å². The van der Waals surface area contributed by atoms with E-state index in [9.17, 15) is 14.9 Å². The Balaban J connectivity index is 2.69. The highest BCUT2D eigenvalue weighted by atomic mass is 16.6. The zero-order valence-electron chi connectivity index (χ0n) is 9.39. The van der Waals surface area contributed by atoms with Crippen LogP contribution in [-0.4, -0.2) is 9.91 Å². The van der Waals surface area contributed by atoms with Gasteiger partial charge in [0.05, 0.1) is 16.0 Å². The first-order valence-corrected chi connectivity index (χ1v) is 5.28. The summed E-state index contributed by atoms with van der Waals surface area (Å²) in [5.74, 6) is 0. The minimum absolute atomic E-state index is 0.0749. The summed E-state index contributed by atoms with van der Waals surface area (Å²) in [7, 11) is 0. The van der Waals surface area contributed by atoms with Crippen molar-refractivity contribution in [3.63, 3.8) is 0 Å². The lowest BCUT2D eigenvalue weighted by Crippen LogP contribution is -1.99. The second-order valence-electron chi connectivity index (χ2n) is 3.99. The Bertz CT molecular complexity index is 844. The average Bonchev–Trinajstić information content (AvgIpc) is 2.67. The summed E-state index contributed by atoms with van der Waals surface area (Å²) < 4.78 is 5.11. The number of H-pyrrole nitrogens is 1. The molecule has 6 nitrogen and oxygen atoms in total. The Hall–Kier alpha value is -2.63. The Labute approximate surface area is 100.0 Å². The molecule has 0 aliphatic carbocycles. The zero-order valence-corrected chi connectivity index (χ0v) is 9.39. The number of aryl methyl sites for hydroxylation is 1. The molecule has 0 aliphatic heterocycles. The van der Waals surface area contributed by atoms with Crippen molar-refractivity contribution in [3.8, 4) is 0 Å². The molecule has 2 aromatic heterocycles. The van der Waals surface area contributed by atoms with Crippen molar-refractivity contribution in [1.82, 2.24) is 4.98 Å². The second kappa shape index (κ2) is 3.43. The molecule has 6 heteroatoms. The average molecular weight is 244 g/mol. The smallest absolute Gasteiger partial charge is 0.361 e. The van der Waals surface area contributed by atoms with E-state index in [1.54, 1.807) is 31.2 Å². The monoisotopic (exact) mass is 244 g/mol. The van der Waals surface area contributed by atoms with Crippen molar-refractivity contribution in [2.45, 2.75) is 6.92 Å². The number of para-hydroxylation sites is 1. The van der Waals surface area contributed by atoms with E-state index in [1.807, 2.05) is 0 Å². The van der Waals surface area contributed by atoms with Crippen LogP contribution >= 0.6 is 0 Å². The molecular formula is C12H8N2O4. The number of nitro groups is 1. The summed E-state index contributed by atoms with van der Waals surface area (Å²) in [5.41, 5.74) is 0.155. The highest BCUT2D eigenvalue weighted by Crippen LogP contribution is 2.33. The Morgan fingerprint density at radius 3 is 2.78 bits per heavy atom. The number of aromatic nitrogens is 1. The van der Waals surface area contributed by atoms with Gasteiger partial charge in [0.25, 0.3) is 5.69 Å². The molecule has 0 atom stereocenters. The molecule has 0 radical (unpaired) electrons. The van der Waals surface area contributed by atoms with Crippen LogP contribution in [0.25, 0.3) is 21.9 Å². The van der Waals surface area contributed by atoms with Crippen molar-refractivity contribution in [2.75, 3.05) is 0 Å². The molecule has 0 saturated carbocycles. The number of rotatable bonds is 1. The van der Waals surface area contributed by atoms with Crippen molar-refractivity contribution in [3.05, 3.63) is 50.5 Å². The van der Waals surface area contributed by atoms with Gasteiger partial charge in [-0.1, -0.05) is 18.2 Å². The molecular weight excluding hydrogens is 236 g/mol. The molecule has 0 unspecified atom stereocenters. The summed E-state index contributed by atoms with van der Waals surface area (Å²) in [6, 6.07) is 6.76. The minimum atomic E-state index is -0.597. The molecule has 0 spiro atoms. The Morgan fingerprint density at radius 2 is 2.06 bits per heavy atom. The van der Waals surface area contributed by atoms with E-state index in [1.165, 1.54) is 0 Å². The third-order valence-corrected chi connectivity index (χ3v) is 2.90. The van der Waals surface area contributed by atoms with E-state index in [4.69, 9.17) is 4.42 Å². The third kappa shape index (κ3) is 1.26. The first-order valence-electron chi connectivity index (χ1n) is 5.28. The topological polar surface area (TPSA) is 89.1 Å². The molecule has 0 fully saturated rings. The van der Waals surface area contributed by atoms with E-state index in [0.717, 1.165) is 0 Å². The van der Waals surface area contributed by atoms with Gasteiger partial charge >= 0.3 is 5.63 Å². The maximum atomic E-state index is 11.8. The highest BCUT2D eigenvalue weighted by Gasteiger charge is 2.23. The lowest BCUT2D eigenvalue weighted by Gasteiger charge is -1.97. The van der Waals surface area contributed by atoms with E-state index in [0.29, 0.717) is 22.0 Å². The second-order valence-corrected chi connectivity index (χ2v) is 3.99. The van der Waals surface area contributed by atoms with Crippen LogP contribution in [0.4, 0.5) is 5.69 Å². The fraction of sp³-hybridized carbons (Fsp3) is 0.0833. The maximum Gasteiger partial charge on any atom is 0.361 e. The van der Waals surface area contributed by atoms with Crippen LogP contribution in [0.3, 0.4) is 0 Å². The quantitative estimate of drug-likeness (QED) is 0.404. The van der Waals surface area contributed by atoms with Crippen molar-refractivity contribution in [2.24, 2.45) is 0 Å². The van der Waals surface area contributed by atoms with Crippen LogP contribution in [-0.2, 0) is 0 Å². The van der Waals surface area contributed by atoms with Crippen molar-refractivity contribution in [1.29, 1.82) is 0 Å². The lowest BCUT2D eigenvalue weighted by atomic mass is 10.1. The lowest BCUT2D eigenvalue weighted by molar-refractivity contribution is -0.383. The van der Waals surface area contributed by atoms with Crippen LogP contribution < -0.4 is 5.63 Å². The number of nitrogens with zero attached hydrogens (tertiary/aromatic N) is 1. The number of hydrogen-bond donors (Lipinski definition) is 1. The Kier molecular flexibility index (Phi) is 2.00. The highest BCUT2D eigenvalue weighted by molar-refractivity contribution is 6.09. The molecule has 2 heterocycles. The van der Waals surface area contributed by atoms with Gasteiger partial charge < -0.3 is 9.40 Å². The van der Waals surface area contributed by atoms with Crippen LogP contribution in [0, 0.1) is 17.0 Å². The predicted octanol–water partition coefficient (Wildman–Crippen LogP) is 2.49. The number of fused-ring (bicyclic) bond motifs is 3. The predicted molar refractivity (Wildman–Crippen MR) is 65.7 cm³/mol. The Morgan fingerprint density at radius 1 is 1.33 bits per heavy atom. The number of hydrogen-bond acceptors (Lipinski definition) is 4. The maximum absolute atomic E-state index is 11.8. The van der Waals surface area contributed by atoms with Gasteiger partial charge in [0.1, 0.15) is 11.1 Å². The zero-order chi connectivity index (χ0) is 12.9. The molecule has 0 amide bonds. The fourth-order valence-corrected chi connectivity index (χ4v) is 2.17. The van der Waals surface area contributed by atoms with Gasteiger partial charge in [-0.15, -0.1) is 0 Å². The van der Waals surface area contributed by atoms with Gasteiger partial charge in [0.15, 0.2) is 0 Å².